The zero-order chi connectivity index (χ0) is 21.5. The lowest BCUT2D eigenvalue weighted by Crippen LogP contribution is -2.50. The minimum Gasteiger partial charge on any atom is -0.463 e. The molecule has 1 fully saturated rings. The Morgan fingerprint density at radius 3 is 2.77 bits per heavy atom. The number of benzene rings is 1. The van der Waals surface area contributed by atoms with Crippen molar-refractivity contribution >= 4 is 29.7 Å². The number of carbonyl (C=O) groups is 3. The molecule has 0 spiro atoms. The molecule has 162 valence electrons. The smallest absolute Gasteiger partial charge is 0.339 e. The third-order valence-electron chi connectivity index (χ3n) is 4.77. The Hall–Kier alpha value is -2.52. The van der Waals surface area contributed by atoms with Gasteiger partial charge in [-0.25, -0.2) is 14.4 Å². The van der Waals surface area contributed by atoms with Crippen molar-refractivity contribution in [2.45, 2.75) is 43.7 Å². The Labute approximate surface area is 179 Å². The lowest BCUT2D eigenvalue weighted by Gasteiger charge is -2.26. The first kappa shape index (κ1) is 22.2. The summed E-state index contributed by atoms with van der Waals surface area (Å²) >= 11 is 1.56. The van der Waals surface area contributed by atoms with Crippen LogP contribution in [0.3, 0.4) is 0 Å². The highest BCUT2D eigenvalue weighted by atomic mass is 32.2. The third-order valence-corrected chi connectivity index (χ3v) is 5.97. The van der Waals surface area contributed by atoms with Crippen molar-refractivity contribution in [2.75, 3.05) is 25.6 Å². The molecule has 2 atom stereocenters. The number of amides is 2. The molecule has 8 nitrogen and oxygen atoms in total. The Balaban J connectivity index is 1.70. The second kappa shape index (κ2) is 10.5. The van der Waals surface area contributed by atoms with Gasteiger partial charge >= 0.3 is 18.0 Å². The molecular formula is C21H26N2O6S. The molecule has 1 saturated heterocycles. The second-order valence-corrected chi connectivity index (χ2v) is 8.01. The summed E-state index contributed by atoms with van der Waals surface area (Å²) in [6, 6.07) is 6.18. The van der Waals surface area contributed by atoms with Gasteiger partial charge in [0.15, 0.2) is 0 Å². The molecule has 2 N–H and O–H groups in total. The van der Waals surface area contributed by atoms with Gasteiger partial charge in [0.1, 0.15) is 6.61 Å². The molecule has 0 unspecified atom stereocenters. The highest BCUT2D eigenvalue weighted by molar-refractivity contribution is 7.99. The Morgan fingerprint density at radius 2 is 2.03 bits per heavy atom. The van der Waals surface area contributed by atoms with E-state index < -0.39 is 24.0 Å². The lowest BCUT2D eigenvalue weighted by molar-refractivity contribution is -0.139. The number of hydrogen-bond acceptors (Lipinski definition) is 7. The van der Waals surface area contributed by atoms with Gasteiger partial charge in [0, 0.05) is 17.3 Å². The van der Waals surface area contributed by atoms with Crippen LogP contribution in [-0.2, 0) is 19.0 Å². The molecule has 0 bridgehead atoms. The fourth-order valence-corrected chi connectivity index (χ4v) is 4.44. The number of hydrogen-bond donors (Lipinski definition) is 2. The van der Waals surface area contributed by atoms with Gasteiger partial charge in [-0.2, -0.15) is 0 Å². The Bertz CT molecular complexity index is 835. The second-order valence-electron chi connectivity index (χ2n) is 6.95. The molecule has 2 amide bonds. The van der Waals surface area contributed by atoms with E-state index in [-0.39, 0.29) is 30.6 Å². The maximum atomic E-state index is 12.7. The molecule has 1 aromatic rings. The summed E-state index contributed by atoms with van der Waals surface area (Å²) in [5, 5.41) is 5.16. The van der Waals surface area contributed by atoms with Crippen LogP contribution in [0.4, 0.5) is 4.79 Å². The normalized spacial score (nSPS) is 21.1. The number of carbonyl (C=O) groups excluding carboxylic acids is 3. The van der Waals surface area contributed by atoms with E-state index in [1.165, 1.54) is 0 Å². The molecule has 0 aliphatic carbocycles. The Morgan fingerprint density at radius 1 is 1.23 bits per heavy atom. The molecule has 0 saturated carbocycles. The molecule has 0 aromatic heterocycles. The van der Waals surface area contributed by atoms with Crippen molar-refractivity contribution in [3.63, 3.8) is 0 Å². The maximum absolute atomic E-state index is 12.7. The summed E-state index contributed by atoms with van der Waals surface area (Å²) in [5.74, 6) is -0.320. The number of nitrogens with one attached hydrogen (secondary N) is 2. The molecule has 2 aliphatic rings. The molecule has 30 heavy (non-hydrogen) atoms. The van der Waals surface area contributed by atoms with Gasteiger partial charge in [0.25, 0.3) is 0 Å². The number of thioether (sulfide) groups is 1. The van der Waals surface area contributed by atoms with Gasteiger partial charge in [-0.1, -0.05) is 12.1 Å². The third kappa shape index (κ3) is 5.54. The molecule has 2 heterocycles. The van der Waals surface area contributed by atoms with Crippen molar-refractivity contribution in [3.05, 3.63) is 41.1 Å². The van der Waals surface area contributed by atoms with Gasteiger partial charge < -0.3 is 24.8 Å². The average molecular weight is 435 g/mol. The highest BCUT2D eigenvalue weighted by Gasteiger charge is 2.30. The van der Waals surface area contributed by atoms with E-state index in [0.717, 1.165) is 30.1 Å². The van der Waals surface area contributed by atoms with Crippen molar-refractivity contribution in [2.24, 2.45) is 0 Å². The van der Waals surface area contributed by atoms with Gasteiger partial charge in [-0.3, -0.25) is 0 Å². The molecule has 0 radical (unpaired) electrons. The van der Waals surface area contributed by atoms with Crippen molar-refractivity contribution in [1.82, 2.24) is 10.6 Å². The molecule has 9 heteroatoms. The van der Waals surface area contributed by atoms with Crippen LogP contribution >= 0.6 is 11.8 Å². The Kier molecular flexibility index (Phi) is 7.75. The zero-order valence-electron chi connectivity index (χ0n) is 17.1. The monoisotopic (exact) mass is 434 g/mol. The van der Waals surface area contributed by atoms with Gasteiger partial charge in [-0.05, 0) is 38.8 Å². The van der Waals surface area contributed by atoms with Crippen LogP contribution in [-0.4, -0.2) is 55.7 Å². The van der Waals surface area contributed by atoms with E-state index in [1.807, 2.05) is 12.1 Å². The average Bonchev–Trinajstić information content (AvgIpc) is 3.24. The van der Waals surface area contributed by atoms with Crippen LogP contribution in [0.1, 0.15) is 37.0 Å². The van der Waals surface area contributed by atoms with Gasteiger partial charge in [0.2, 0.25) is 0 Å². The van der Waals surface area contributed by atoms with Crippen LogP contribution in [0.15, 0.2) is 40.4 Å². The fraction of sp³-hybridized carbons (Fsp3) is 0.476. The summed E-state index contributed by atoms with van der Waals surface area (Å²) < 4.78 is 16.2. The van der Waals surface area contributed by atoms with Crippen molar-refractivity contribution in [3.8, 4) is 0 Å². The van der Waals surface area contributed by atoms with Crippen LogP contribution < -0.4 is 10.6 Å². The van der Waals surface area contributed by atoms with E-state index in [1.54, 1.807) is 37.7 Å². The number of rotatable bonds is 8. The molecule has 3 rings (SSSR count). The topological polar surface area (TPSA) is 103 Å². The fourth-order valence-electron chi connectivity index (χ4n) is 3.33. The molecule has 2 aliphatic heterocycles. The van der Waals surface area contributed by atoms with E-state index in [2.05, 4.69) is 10.6 Å². The van der Waals surface area contributed by atoms with E-state index in [0.29, 0.717) is 5.56 Å². The molecular weight excluding hydrogens is 408 g/mol. The quantitative estimate of drug-likeness (QED) is 0.479. The van der Waals surface area contributed by atoms with Gasteiger partial charge in [0.05, 0.1) is 35.6 Å². The van der Waals surface area contributed by atoms with Crippen LogP contribution in [0.5, 0.6) is 0 Å². The maximum Gasteiger partial charge on any atom is 0.339 e. The minimum absolute atomic E-state index is 0.197. The summed E-state index contributed by atoms with van der Waals surface area (Å²) in [6.07, 6.45) is 2.28. The SMILES string of the molecule is CCOC(=O)C1=C(COC(=O)c2ccccc2SC[C@H]2CCCO2)NC(=O)N[C@H]1C. The van der Waals surface area contributed by atoms with Crippen LogP contribution in [0.2, 0.25) is 0 Å². The number of ether oxygens (including phenoxy) is 3. The zero-order valence-corrected chi connectivity index (χ0v) is 17.9. The summed E-state index contributed by atoms with van der Waals surface area (Å²) in [4.78, 5) is 37.6. The lowest BCUT2D eigenvalue weighted by atomic mass is 10.0. The summed E-state index contributed by atoms with van der Waals surface area (Å²) in [6.45, 7) is 4.11. The highest BCUT2D eigenvalue weighted by Crippen LogP contribution is 2.27. The van der Waals surface area contributed by atoms with Crippen LogP contribution in [0.25, 0.3) is 0 Å². The van der Waals surface area contributed by atoms with Gasteiger partial charge in [-0.15, -0.1) is 11.8 Å². The first-order valence-corrected chi connectivity index (χ1v) is 11.0. The standard InChI is InChI=1S/C21H26N2O6S/c1-3-27-20(25)18-13(2)22-21(26)23-16(18)11-29-19(24)15-8-4-5-9-17(15)30-12-14-7-6-10-28-14/h4-5,8-9,13-14H,3,6-7,10-12H2,1-2H3,(H2,22,23,26)/t13-,14+/m0/s1. The van der Waals surface area contributed by atoms with Crippen molar-refractivity contribution < 1.29 is 28.6 Å². The van der Waals surface area contributed by atoms with E-state index in [9.17, 15) is 14.4 Å². The summed E-state index contributed by atoms with van der Waals surface area (Å²) in [7, 11) is 0. The predicted molar refractivity (Wildman–Crippen MR) is 111 cm³/mol. The predicted octanol–water partition coefficient (Wildman–Crippen LogP) is 2.63. The van der Waals surface area contributed by atoms with Crippen molar-refractivity contribution in [1.29, 1.82) is 0 Å². The van der Waals surface area contributed by atoms with E-state index >= 15 is 0 Å². The number of urea groups is 1. The first-order valence-electron chi connectivity index (χ1n) is 9.97. The molecule has 1 aromatic carbocycles. The first-order chi connectivity index (χ1) is 14.5. The largest absolute Gasteiger partial charge is 0.463 e. The minimum atomic E-state index is -0.559. The van der Waals surface area contributed by atoms with Crippen LogP contribution in [0, 0.1) is 0 Å². The van der Waals surface area contributed by atoms with E-state index in [4.69, 9.17) is 14.2 Å². The summed E-state index contributed by atoms with van der Waals surface area (Å²) in [5.41, 5.74) is 0.903. The number of esters is 2.